The zero-order valence-corrected chi connectivity index (χ0v) is 26.3. The molecule has 1 aliphatic heterocycles. The number of nitrogens with zero attached hydrogens (tertiary/aromatic N) is 2. The molecule has 1 saturated heterocycles. The zero-order valence-electron chi connectivity index (χ0n) is 24.0. The van der Waals surface area contributed by atoms with Crippen LogP contribution in [0.15, 0.2) is 90.0 Å². The summed E-state index contributed by atoms with van der Waals surface area (Å²) < 4.78 is 16.3. The molecule has 3 amide bonds. The van der Waals surface area contributed by atoms with Crippen LogP contribution in [0.25, 0.3) is 11.1 Å². The molecule has 13 heteroatoms. The Balaban J connectivity index is 1.30. The molecule has 45 heavy (non-hydrogen) atoms. The average molecular weight is 666 g/mol. The van der Waals surface area contributed by atoms with E-state index in [1.165, 1.54) is 18.3 Å². The van der Waals surface area contributed by atoms with E-state index in [0.29, 0.717) is 31.6 Å². The number of aromatic nitrogens is 1. The molecule has 1 aliphatic rings. The molecule has 232 valence electrons. The monoisotopic (exact) mass is 664 g/mol. The Kier molecular flexibility index (Phi) is 10.2. The van der Waals surface area contributed by atoms with Crippen molar-refractivity contribution < 1.29 is 18.6 Å². The topological polar surface area (TPSA) is 133 Å². The molecule has 3 aromatic carbocycles. The lowest BCUT2D eigenvalue weighted by Crippen LogP contribution is -2.48. The largest absolute Gasteiger partial charge is 0.321 e. The number of carbonyl (C=O) groups excluding carboxylic acids is 3. The standard InChI is InChI=1S/C32H30Cl2N6O4S/c1-45(44,39-30(41)20-40-16-14-35-15-17-40)28-5-3-2-4-25(28)21-6-8-22(9-7-21)31(42)37-27-12-10-23(33)18-26(27)32(43)38-29-13-11-24(34)19-36-29/h2-13,18-19,35H,1,14-17,20H2,(H,37,42)(H,36,38,43)(H,39,41,44). The number of hydrogen-bond acceptors (Lipinski definition) is 7. The second kappa shape index (κ2) is 14.2. The zero-order chi connectivity index (χ0) is 32.0. The highest BCUT2D eigenvalue weighted by Gasteiger charge is 2.20. The smallest absolute Gasteiger partial charge is 0.258 e. The summed E-state index contributed by atoms with van der Waals surface area (Å²) in [4.78, 5) is 45.4. The molecule has 10 nitrogen and oxygen atoms in total. The Morgan fingerprint density at radius 2 is 1.60 bits per heavy atom. The molecule has 0 radical (unpaired) electrons. The number of rotatable bonds is 9. The Morgan fingerprint density at radius 1 is 0.889 bits per heavy atom. The first kappa shape index (κ1) is 32.1. The number of halogens is 2. The maximum absolute atomic E-state index is 13.7. The van der Waals surface area contributed by atoms with E-state index in [4.69, 9.17) is 23.2 Å². The van der Waals surface area contributed by atoms with E-state index in [2.05, 4.69) is 31.5 Å². The molecule has 0 spiro atoms. The lowest BCUT2D eigenvalue weighted by molar-refractivity contribution is -0.120. The molecule has 0 aliphatic carbocycles. The van der Waals surface area contributed by atoms with Crippen LogP contribution in [0.1, 0.15) is 20.7 Å². The summed E-state index contributed by atoms with van der Waals surface area (Å²) in [7, 11) is -3.18. The van der Waals surface area contributed by atoms with Crippen molar-refractivity contribution in [1.82, 2.24) is 19.9 Å². The van der Waals surface area contributed by atoms with Crippen molar-refractivity contribution in [3.05, 3.63) is 106 Å². The van der Waals surface area contributed by atoms with Gasteiger partial charge in [-0.1, -0.05) is 53.5 Å². The maximum atomic E-state index is 13.7. The van der Waals surface area contributed by atoms with Crippen molar-refractivity contribution in [2.45, 2.75) is 4.90 Å². The maximum Gasteiger partial charge on any atom is 0.258 e. The summed E-state index contributed by atoms with van der Waals surface area (Å²) in [5.41, 5.74) is 1.99. The number of benzene rings is 3. The third-order valence-corrected chi connectivity index (χ3v) is 9.08. The van der Waals surface area contributed by atoms with Gasteiger partial charge in [-0.2, -0.15) is 0 Å². The van der Waals surface area contributed by atoms with Gasteiger partial charge in [0.05, 0.1) is 37.4 Å². The number of piperazine rings is 1. The van der Waals surface area contributed by atoms with E-state index in [1.807, 2.05) is 4.90 Å². The van der Waals surface area contributed by atoms with Gasteiger partial charge in [0.2, 0.25) is 5.91 Å². The molecule has 1 unspecified atom stereocenters. The van der Waals surface area contributed by atoms with Gasteiger partial charge < -0.3 is 16.0 Å². The lowest BCUT2D eigenvalue weighted by Gasteiger charge is -2.26. The summed E-state index contributed by atoms with van der Waals surface area (Å²) in [6.45, 7) is 3.19. The fraction of sp³-hybridized carbons (Fsp3) is 0.156. The number of anilines is 2. The second-order valence-corrected chi connectivity index (χ2v) is 13.1. The Labute approximate surface area is 271 Å². The van der Waals surface area contributed by atoms with Crippen LogP contribution in [0.4, 0.5) is 11.5 Å². The number of hydrogen-bond donors (Lipinski definition) is 4. The molecule has 4 N–H and O–H groups in total. The van der Waals surface area contributed by atoms with Gasteiger partial charge in [0.15, 0.2) is 0 Å². The fourth-order valence-electron chi connectivity index (χ4n) is 4.78. The van der Waals surface area contributed by atoms with E-state index in [-0.39, 0.29) is 29.5 Å². The van der Waals surface area contributed by atoms with E-state index in [1.54, 1.807) is 66.7 Å². The normalized spacial score (nSPS) is 14.6. The Bertz CT molecular complexity index is 1830. The molecule has 1 aromatic heterocycles. The van der Waals surface area contributed by atoms with Crippen LogP contribution >= 0.6 is 23.2 Å². The van der Waals surface area contributed by atoms with Gasteiger partial charge in [0, 0.05) is 43.0 Å². The van der Waals surface area contributed by atoms with E-state index in [9.17, 15) is 18.6 Å². The predicted octanol–water partition coefficient (Wildman–Crippen LogP) is 4.57. The van der Waals surface area contributed by atoms with Crippen molar-refractivity contribution >= 4 is 68.0 Å². The first-order valence-electron chi connectivity index (χ1n) is 13.9. The molecule has 0 bridgehead atoms. The van der Waals surface area contributed by atoms with Crippen molar-refractivity contribution in [2.75, 3.05) is 43.4 Å². The quantitative estimate of drug-likeness (QED) is 0.193. The molecule has 0 saturated carbocycles. The lowest BCUT2D eigenvalue weighted by atomic mass is 10.0. The third kappa shape index (κ3) is 8.27. The van der Waals surface area contributed by atoms with Gasteiger partial charge in [0.1, 0.15) is 5.82 Å². The third-order valence-electron chi connectivity index (χ3n) is 7.00. The van der Waals surface area contributed by atoms with E-state index < -0.39 is 21.5 Å². The fourth-order valence-corrected chi connectivity index (χ4v) is 6.44. The van der Waals surface area contributed by atoms with Crippen molar-refractivity contribution in [3.8, 4) is 11.1 Å². The van der Waals surface area contributed by atoms with Crippen molar-refractivity contribution in [3.63, 3.8) is 0 Å². The Hall–Kier alpha value is -4.26. The summed E-state index contributed by atoms with van der Waals surface area (Å²) in [6.07, 6.45) is 1.40. The van der Waals surface area contributed by atoms with Gasteiger partial charge >= 0.3 is 0 Å². The van der Waals surface area contributed by atoms with Crippen LogP contribution in [0.5, 0.6) is 0 Å². The molecule has 4 aromatic rings. The van der Waals surface area contributed by atoms with Gasteiger partial charge in [-0.15, -0.1) is 0 Å². The summed E-state index contributed by atoms with van der Waals surface area (Å²) >= 11 is 12.0. The van der Waals surface area contributed by atoms with Crippen LogP contribution in [-0.2, 0) is 14.5 Å². The number of amides is 3. The SMILES string of the molecule is C=S(=O)(NC(=O)CN1CCNCC1)c1ccccc1-c1ccc(C(=O)Nc2ccc(Cl)cc2C(=O)Nc2ccc(Cl)cn2)cc1. The first-order valence-corrected chi connectivity index (χ1v) is 16.4. The summed E-state index contributed by atoms with van der Waals surface area (Å²) in [6, 6.07) is 21.3. The van der Waals surface area contributed by atoms with Gasteiger partial charge in [-0.3, -0.25) is 24.0 Å². The summed E-state index contributed by atoms with van der Waals surface area (Å²) in [5.74, 6) is 2.79. The van der Waals surface area contributed by atoms with Gasteiger partial charge in [-0.25, -0.2) is 9.19 Å². The van der Waals surface area contributed by atoms with Crippen LogP contribution in [-0.4, -0.2) is 70.4 Å². The molecular weight excluding hydrogens is 635 g/mol. The highest BCUT2D eigenvalue weighted by molar-refractivity contribution is 7.99. The minimum absolute atomic E-state index is 0.134. The minimum atomic E-state index is -3.18. The Morgan fingerprint density at radius 3 is 2.31 bits per heavy atom. The van der Waals surface area contributed by atoms with Gasteiger partial charge in [-0.05, 0) is 65.5 Å². The second-order valence-electron chi connectivity index (χ2n) is 10.3. The van der Waals surface area contributed by atoms with Crippen LogP contribution < -0.4 is 20.7 Å². The minimum Gasteiger partial charge on any atom is -0.321 e. The van der Waals surface area contributed by atoms with E-state index in [0.717, 1.165) is 26.2 Å². The number of carbonyl (C=O) groups is 3. The number of nitrogens with one attached hydrogen (secondary N) is 4. The van der Waals surface area contributed by atoms with Crippen molar-refractivity contribution in [1.29, 1.82) is 0 Å². The van der Waals surface area contributed by atoms with Crippen LogP contribution in [0.2, 0.25) is 10.0 Å². The molecular formula is C32H30Cl2N6O4S. The van der Waals surface area contributed by atoms with Crippen molar-refractivity contribution in [2.24, 2.45) is 0 Å². The molecule has 1 fully saturated rings. The number of pyridine rings is 1. The molecule has 1 atom stereocenters. The van der Waals surface area contributed by atoms with Gasteiger partial charge in [0.25, 0.3) is 11.8 Å². The molecule has 2 heterocycles. The average Bonchev–Trinajstić information content (AvgIpc) is 3.03. The first-order chi connectivity index (χ1) is 21.6. The highest BCUT2D eigenvalue weighted by Crippen LogP contribution is 2.28. The van der Waals surface area contributed by atoms with E-state index >= 15 is 0 Å². The highest BCUT2D eigenvalue weighted by atomic mass is 35.5. The predicted molar refractivity (Wildman–Crippen MR) is 179 cm³/mol. The van der Waals surface area contributed by atoms with Crippen LogP contribution in [0.3, 0.4) is 0 Å². The molecule has 5 rings (SSSR count). The van der Waals surface area contributed by atoms with Crippen LogP contribution in [0, 0.1) is 0 Å². The summed E-state index contributed by atoms with van der Waals surface area (Å²) in [5, 5.41) is 9.40.